The van der Waals surface area contributed by atoms with Crippen LogP contribution in [0.15, 0.2) is 60.7 Å². The minimum absolute atomic E-state index is 0.249. The zero-order valence-electron chi connectivity index (χ0n) is 14.1. The average molecular weight is 309 g/mol. The maximum atomic E-state index is 10.9. The van der Waals surface area contributed by atoms with E-state index in [1.165, 1.54) is 11.1 Å². The van der Waals surface area contributed by atoms with Crippen molar-refractivity contribution in [2.24, 2.45) is 5.92 Å². The Bertz CT molecular complexity index is 598. The third-order valence-electron chi connectivity index (χ3n) is 5.24. The minimum Gasteiger partial charge on any atom is -0.393 e. The van der Waals surface area contributed by atoms with E-state index in [-0.39, 0.29) is 18.2 Å². The minimum atomic E-state index is -0.249. The van der Waals surface area contributed by atoms with Crippen molar-refractivity contribution >= 4 is 0 Å². The maximum Gasteiger partial charge on any atom is 0.0604 e. The second-order valence-electron chi connectivity index (χ2n) is 6.70. The summed E-state index contributed by atoms with van der Waals surface area (Å²) in [5.41, 5.74) is 2.61. The summed E-state index contributed by atoms with van der Waals surface area (Å²) in [4.78, 5) is 2.47. The molecule has 0 saturated carbocycles. The van der Waals surface area contributed by atoms with Gasteiger partial charge in [-0.25, -0.2) is 0 Å². The molecule has 3 rings (SSSR count). The van der Waals surface area contributed by atoms with Gasteiger partial charge in [0.1, 0.15) is 0 Å². The fraction of sp³-hybridized carbons (Fsp3) is 0.429. The van der Waals surface area contributed by atoms with Gasteiger partial charge in [-0.1, -0.05) is 74.0 Å². The Labute approximate surface area is 139 Å². The molecule has 0 aliphatic carbocycles. The van der Waals surface area contributed by atoms with Crippen molar-refractivity contribution < 1.29 is 5.11 Å². The molecule has 1 N–H and O–H groups in total. The van der Waals surface area contributed by atoms with Crippen LogP contribution in [-0.2, 0) is 0 Å². The molecule has 0 unspecified atom stereocenters. The van der Waals surface area contributed by atoms with E-state index in [1.807, 2.05) is 0 Å². The molecule has 2 aromatic rings. The first-order valence-corrected chi connectivity index (χ1v) is 8.72. The first kappa shape index (κ1) is 16.2. The van der Waals surface area contributed by atoms with Crippen molar-refractivity contribution in [2.45, 2.75) is 44.4 Å². The lowest BCUT2D eigenvalue weighted by atomic mass is 9.76. The van der Waals surface area contributed by atoms with Crippen LogP contribution in [0.2, 0.25) is 0 Å². The van der Waals surface area contributed by atoms with E-state index in [2.05, 4.69) is 79.5 Å². The molecule has 1 heterocycles. The van der Waals surface area contributed by atoms with E-state index in [1.54, 1.807) is 0 Å². The van der Waals surface area contributed by atoms with Gasteiger partial charge < -0.3 is 5.11 Å². The highest BCUT2D eigenvalue weighted by Gasteiger charge is 2.41. The summed E-state index contributed by atoms with van der Waals surface area (Å²) in [6.07, 6.45) is 2.73. The summed E-state index contributed by atoms with van der Waals surface area (Å²) in [5, 5.41) is 10.9. The summed E-state index contributed by atoms with van der Waals surface area (Å²) >= 11 is 0. The van der Waals surface area contributed by atoms with Crippen LogP contribution in [0.3, 0.4) is 0 Å². The summed E-state index contributed by atoms with van der Waals surface area (Å²) in [6.45, 7) is 2.21. The van der Waals surface area contributed by atoms with Crippen molar-refractivity contribution in [2.75, 3.05) is 7.05 Å². The number of aliphatic hydroxyl groups excluding tert-OH is 1. The molecule has 0 spiro atoms. The monoisotopic (exact) mass is 309 g/mol. The van der Waals surface area contributed by atoms with Gasteiger partial charge in [0.25, 0.3) is 0 Å². The number of likely N-dealkylation sites (tertiary alicyclic amines) is 1. The van der Waals surface area contributed by atoms with Crippen molar-refractivity contribution in [1.29, 1.82) is 0 Å². The molecular weight excluding hydrogens is 282 g/mol. The smallest absolute Gasteiger partial charge is 0.0604 e. The summed E-state index contributed by atoms with van der Waals surface area (Å²) < 4.78 is 0. The predicted octanol–water partition coefficient (Wildman–Crippen LogP) is 4.58. The number of hydrogen-bond acceptors (Lipinski definition) is 2. The highest BCUT2D eigenvalue weighted by Crippen LogP contribution is 2.45. The van der Waals surface area contributed by atoms with Crippen molar-refractivity contribution in [3.8, 4) is 0 Å². The molecule has 0 radical (unpaired) electrons. The van der Waals surface area contributed by atoms with Crippen LogP contribution in [0.25, 0.3) is 0 Å². The quantitative estimate of drug-likeness (QED) is 0.893. The summed E-state index contributed by atoms with van der Waals surface area (Å²) in [7, 11) is 2.21. The number of hydrogen-bond donors (Lipinski definition) is 1. The topological polar surface area (TPSA) is 23.5 Å². The Kier molecular flexibility index (Phi) is 5.14. The fourth-order valence-electron chi connectivity index (χ4n) is 4.14. The molecule has 23 heavy (non-hydrogen) atoms. The molecule has 2 heteroatoms. The van der Waals surface area contributed by atoms with Crippen LogP contribution in [0.1, 0.15) is 49.4 Å². The molecule has 1 aliphatic heterocycles. The Morgan fingerprint density at radius 2 is 1.52 bits per heavy atom. The molecule has 0 amide bonds. The molecule has 122 valence electrons. The van der Waals surface area contributed by atoms with Crippen molar-refractivity contribution in [1.82, 2.24) is 4.90 Å². The summed E-state index contributed by atoms with van der Waals surface area (Å²) in [6, 6.07) is 21.8. The molecule has 0 aromatic heterocycles. The van der Waals surface area contributed by atoms with E-state index in [9.17, 15) is 5.11 Å². The van der Waals surface area contributed by atoms with E-state index < -0.39 is 0 Å². The molecule has 2 nitrogen and oxygen atoms in total. The van der Waals surface area contributed by atoms with Crippen LogP contribution in [0, 0.1) is 5.92 Å². The molecule has 2 aromatic carbocycles. The van der Waals surface area contributed by atoms with Gasteiger partial charge in [0.05, 0.1) is 6.10 Å². The lowest BCUT2D eigenvalue weighted by Crippen LogP contribution is -2.45. The Balaban J connectivity index is 1.97. The van der Waals surface area contributed by atoms with Gasteiger partial charge in [0.2, 0.25) is 0 Å². The third-order valence-corrected chi connectivity index (χ3v) is 5.24. The standard InChI is InChI=1S/C21H27NO/c1-3-10-18-20(23)15-19(16-11-6-4-7-12-16)22(2)21(18)17-13-8-5-9-14-17/h4-9,11-14,18-21,23H,3,10,15H2,1-2H3/t18-,19+,20-,21-/m1/s1. The number of piperidine rings is 1. The highest BCUT2D eigenvalue weighted by atomic mass is 16.3. The van der Waals surface area contributed by atoms with Gasteiger partial charge in [-0.15, -0.1) is 0 Å². The van der Waals surface area contributed by atoms with Gasteiger partial charge in [-0.2, -0.15) is 0 Å². The second kappa shape index (κ2) is 7.29. The number of aliphatic hydroxyl groups is 1. The molecule has 1 saturated heterocycles. The molecular formula is C21H27NO. The van der Waals surface area contributed by atoms with Crippen LogP contribution < -0.4 is 0 Å². The maximum absolute atomic E-state index is 10.9. The Morgan fingerprint density at radius 3 is 2.09 bits per heavy atom. The van der Waals surface area contributed by atoms with Crippen LogP contribution in [0.5, 0.6) is 0 Å². The fourth-order valence-corrected chi connectivity index (χ4v) is 4.14. The van der Waals surface area contributed by atoms with E-state index in [4.69, 9.17) is 0 Å². The Morgan fingerprint density at radius 1 is 0.957 bits per heavy atom. The highest BCUT2D eigenvalue weighted by molar-refractivity contribution is 5.25. The van der Waals surface area contributed by atoms with Crippen molar-refractivity contribution in [3.05, 3.63) is 71.8 Å². The molecule has 4 atom stereocenters. The normalized spacial score (nSPS) is 28.7. The van der Waals surface area contributed by atoms with Gasteiger partial charge in [-0.3, -0.25) is 4.90 Å². The first-order valence-electron chi connectivity index (χ1n) is 8.72. The number of rotatable bonds is 4. The molecule has 1 aliphatic rings. The lowest BCUT2D eigenvalue weighted by Gasteiger charge is -2.47. The molecule has 1 fully saturated rings. The number of benzene rings is 2. The summed E-state index contributed by atoms with van der Waals surface area (Å²) in [5.74, 6) is 0.298. The van der Waals surface area contributed by atoms with E-state index in [0.29, 0.717) is 5.92 Å². The first-order chi connectivity index (χ1) is 11.2. The third kappa shape index (κ3) is 3.34. The zero-order valence-corrected chi connectivity index (χ0v) is 14.1. The number of nitrogens with zero attached hydrogens (tertiary/aromatic N) is 1. The Hall–Kier alpha value is -1.64. The van der Waals surface area contributed by atoms with Gasteiger partial charge in [0.15, 0.2) is 0 Å². The largest absolute Gasteiger partial charge is 0.393 e. The zero-order chi connectivity index (χ0) is 16.2. The van der Waals surface area contributed by atoms with Gasteiger partial charge in [0, 0.05) is 18.0 Å². The van der Waals surface area contributed by atoms with Crippen LogP contribution in [-0.4, -0.2) is 23.2 Å². The van der Waals surface area contributed by atoms with Crippen molar-refractivity contribution in [3.63, 3.8) is 0 Å². The average Bonchev–Trinajstić information content (AvgIpc) is 2.60. The molecule has 0 bridgehead atoms. The second-order valence-corrected chi connectivity index (χ2v) is 6.70. The van der Waals surface area contributed by atoms with E-state index >= 15 is 0 Å². The van der Waals surface area contributed by atoms with Crippen LogP contribution in [0.4, 0.5) is 0 Å². The van der Waals surface area contributed by atoms with Crippen LogP contribution >= 0.6 is 0 Å². The van der Waals surface area contributed by atoms with Gasteiger partial charge >= 0.3 is 0 Å². The van der Waals surface area contributed by atoms with Gasteiger partial charge in [-0.05, 0) is 31.0 Å². The SMILES string of the molecule is CCC[C@@H]1[C@H](O)C[C@@H](c2ccccc2)N(C)[C@@H]1c1ccccc1. The lowest BCUT2D eigenvalue weighted by molar-refractivity contribution is -0.0439. The van der Waals surface area contributed by atoms with E-state index in [0.717, 1.165) is 19.3 Å². The predicted molar refractivity (Wildman–Crippen MR) is 95.2 cm³/mol.